The van der Waals surface area contributed by atoms with Crippen LogP contribution >= 0.6 is 0 Å². The van der Waals surface area contributed by atoms with E-state index >= 15 is 0 Å². The van der Waals surface area contributed by atoms with Gasteiger partial charge in [0, 0.05) is 0 Å². The van der Waals surface area contributed by atoms with Crippen molar-refractivity contribution in [3.63, 3.8) is 0 Å². The monoisotopic (exact) mass is 183 g/mol. The Morgan fingerprint density at radius 2 is 1.77 bits per heavy atom. The lowest BCUT2D eigenvalue weighted by atomic mass is 9.90. The van der Waals surface area contributed by atoms with E-state index in [0.29, 0.717) is 12.8 Å². The van der Waals surface area contributed by atoms with Gasteiger partial charge in [-0.15, -0.1) is 0 Å². The Morgan fingerprint density at radius 3 is 2.23 bits per heavy atom. The van der Waals surface area contributed by atoms with E-state index in [4.69, 9.17) is 5.11 Å². The van der Waals surface area contributed by atoms with E-state index in [9.17, 15) is 9.59 Å². The van der Waals surface area contributed by atoms with E-state index in [1.165, 1.54) is 0 Å². The van der Waals surface area contributed by atoms with Crippen LogP contribution in [-0.2, 0) is 9.59 Å². The third kappa shape index (κ3) is 1.52. The minimum Gasteiger partial charge on any atom is -0.393 e. The second-order valence-electron chi connectivity index (χ2n) is 3.17. The number of aliphatic hydroxyl groups is 1. The molecule has 2 amide bonds. The number of aliphatic hydroxyl groups excluding tert-OH is 1. The summed E-state index contributed by atoms with van der Waals surface area (Å²) in [7, 11) is 0. The molecular formula is C7H9N3O3. The lowest BCUT2D eigenvalue weighted by Gasteiger charge is -2.27. The molecule has 2 fully saturated rings. The topological polar surface area (TPSA) is 90.8 Å². The van der Waals surface area contributed by atoms with Crippen molar-refractivity contribution >= 4 is 17.8 Å². The molecule has 0 radical (unpaired) electrons. The van der Waals surface area contributed by atoms with E-state index in [-0.39, 0.29) is 18.1 Å². The van der Waals surface area contributed by atoms with Crippen molar-refractivity contribution in [3.05, 3.63) is 0 Å². The van der Waals surface area contributed by atoms with Crippen molar-refractivity contribution in [2.24, 2.45) is 4.99 Å². The van der Waals surface area contributed by atoms with E-state index in [2.05, 4.69) is 15.6 Å². The molecule has 0 bridgehead atoms. The molecule has 1 saturated heterocycles. The van der Waals surface area contributed by atoms with Gasteiger partial charge in [-0.05, 0) is 12.8 Å². The van der Waals surface area contributed by atoms with E-state index < -0.39 is 11.8 Å². The summed E-state index contributed by atoms with van der Waals surface area (Å²) in [6, 6.07) is 0.0173. The zero-order valence-electron chi connectivity index (χ0n) is 6.78. The summed E-state index contributed by atoms with van der Waals surface area (Å²) in [5.41, 5.74) is 0. The van der Waals surface area contributed by atoms with Crippen LogP contribution in [0.4, 0.5) is 0 Å². The van der Waals surface area contributed by atoms with Gasteiger partial charge in [-0.2, -0.15) is 0 Å². The number of hydrogen-bond donors (Lipinski definition) is 3. The van der Waals surface area contributed by atoms with Gasteiger partial charge in [0.05, 0.1) is 12.1 Å². The Hall–Kier alpha value is -1.43. The van der Waals surface area contributed by atoms with Crippen LogP contribution in [-0.4, -0.2) is 35.0 Å². The number of carbonyl (C=O) groups is 2. The molecule has 6 heteroatoms. The molecule has 13 heavy (non-hydrogen) atoms. The summed E-state index contributed by atoms with van der Waals surface area (Å²) >= 11 is 0. The maximum Gasteiger partial charge on any atom is 0.316 e. The predicted molar refractivity (Wildman–Crippen MR) is 42.7 cm³/mol. The van der Waals surface area contributed by atoms with Gasteiger partial charge in [-0.25, -0.2) is 4.99 Å². The molecule has 1 heterocycles. The van der Waals surface area contributed by atoms with Gasteiger partial charge in [-0.3, -0.25) is 20.2 Å². The number of guanidine groups is 1. The third-order valence-corrected chi connectivity index (χ3v) is 2.07. The molecule has 6 nitrogen and oxygen atoms in total. The standard InChI is InChI=1S/C7H9N3O3/c11-4-1-3(2-4)8-7-9-5(12)6(13)10-7/h3-4,11H,1-2H2,(H2,8,9,10,12,13). The van der Waals surface area contributed by atoms with Crippen LogP contribution in [0, 0.1) is 0 Å². The number of amides is 2. The van der Waals surface area contributed by atoms with Gasteiger partial charge in [0.15, 0.2) is 0 Å². The van der Waals surface area contributed by atoms with Gasteiger partial charge >= 0.3 is 11.8 Å². The molecule has 3 N–H and O–H groups in total. The van der Waals surface area contributed by atoms with Crippen molar-refractivity contribution in [1.82, 2.24) is 10.6 Å². The minimum absolute atomic E-state index is 0.0173. The number of carbonyl (C=O) groups excluding carboxylic acids is 2. The van der Waals surface area contributed by atoms with Crippen molar-refractivity contribution in [3.8, 4) is 0 Å². The lowest BCUT2D eigenvalue weighted by molar-refractivity contribution is -0.135. The molecule has 0 aromatic heterocycles. The van der Waals surface area contributed by atoms with Gasteiger partial charge in [0.1, 0.15) is 0 Å². The van der Waals surface area contributed by atoms with Crippen LogP contribution in [0.25, 0.3) is 0 Å². The maximum absolute atomic E-state index is 10.7. The van der Waals surface area contributed by atoms with E-state index in [1.807, 2.05) is 0 Å². The molecule has 0 aromatic carbocycles. The Morgan fingerprint density at radius 1 is 1.23 bits per heavy atom. The summed E-state index contributed by atoms with van der Waals surface area (Å²) in [5.74, 6) is -1.16. The second kappa shape index (κ2) is 2.81. The molecule has 1 aliphatic carbocycles. The molecule has 1 saturated carbocycles. The van der Waals surface area contributed by atoms with Crippen LogP contribution in [0.2, 0.25) is 0 Å². The highest BCUT2D eigenvalue weighted by molar-refractivity contribution is 6.45. The molecule has 2 rings (SSSR count). The largest absolute Gasteiger partial charge is 0.393 e. The highest BCUT2D eigenvalue weighted by Gasteiger charge is 2.30. The molecule has 0 atom stereocenters. The average molecular weight is 183 g/mol. The van der Waals surface area contributed by atoms with Crippen molar-refractivity contribution in [1.29, 1.82) is 0 Å². The normalized spacial score (nSPS) is 32.2. The van der Waals surface area contributed by atoms with Crippen molar-refractivity contribution < 1.29 is 14.7 Å². The first kappa shape index (κ1) is 8.18. The fourth-order valence-corrected chi connectivity index (χ4v) is 1.27. The maximum atomic E-state index is 10.7. The Bertz CT molecular complexity index is 275. The van der Waals surface area contributed by atoms with Crippen molar-refractivity contribution in [2.75, 3.05) is 0 Å². The summed E-state index contributed by atoms with van der Waals surface area (Å²) in [4.78, 5) is 25.4. The Labute approximate surface area is 74.0 Å². The van der Waals surface area contributed by atoms with Crippen molar-refractivity contribution in [2.45, 2.75) is 25.0 Å². The smallest absolute Gasteiger partial charge is 0.316 e. The Balaban J connectivity index is 1.95. The number of rotatable bonds is 1. The minimum atomic E-state index is -0.682. The zero-order chi connectivity index (χ0) is 9.42. The van der Waals surface area contributed by atoms with Gasteiger partial charge in [0.25, 0.3) is 0 Å². The van der Waals surface area contributed by atoms with Gasteiger partial charge < -0.3 is 5.11 Å². The van der Waals surface area contributed by atoms with Gasteiger partial charge in [-0.1, -0.05) is 0 Å². The van der Waals surface area contributed by atoms with Crippen LogP contribution in [0.1, 0.15) is 12.8 Å². The van der Waals surface area contributed by atoms with Crippen LogP contribution < -0.4 is 10.6 Å². The number of aliphatic imine (C=N–C) groups is 1. The molecule has 0 unspecified atom stereocenters. The first-order valence-electron chi connectivity index (χ1n) is 4.03. The highest BCUT2D eigenvalue weighted by Crippen LogP contribution is 2.22. The number of nitrogens with zero attached hydrogens (tertiary/aromatic N) is 1. The highest BCUT2D eigenvalue weighted by atomic mass is 16.3. The molecule has 1 aliphatic heterocycles. The molecule has 0 aromatic rings. The zero-order valence-corrected chi connectivity index (χ0v) is 6.78. The Kier molecular flexibility index (Phi) is 1.77. The molecular weight excluding hydrogens is 174 g/mol. The van der Waals surface area contributed by atoms with Crippen LogP contribution in [0.5, 0.6) is 0 Å². The molecule has 2 aliphatic rings. The molecule has 0 spiro atoms. The summed E-state index contributed by atoms with van der Waals surface area (Å²) in [6.45, 7) is 0. The number of hydrogen-bond acceptors (Lipinski definition) is 4. The average Bonchev–Trinajstić information content (AvgIpc) is 2.28. The van der Waals surface area contributed by atoms with E-state index in [0.717, 1.165) is 0 Å². The summed E-state index contributed by atoms with van der Waals surface area (Å²) < 4.78 is 0. The fourth-order valence-electron chi connectivity index (χ4n) is 1.27. The molecule has 70 valence electrons. The van der Waals surface area contributed by atoms with Crippen LogP contribution in [0.15, 0.2) is 4.99 Å². The fraction of sp³-hybridized carbons (Fsp3) is 0.571. The SMILES string of the molecule is O=C1NC(=NC2CC(O)C2)NC1=O. The third-order valence-electron chi connectivity index (χ3n) is 2.07. The number of nitrogens with one attached hydrogen (secondary N) is 2. The first-order chi connectivity index (χ1) is 6.15. The summed E-state index contributed by atoms with van der Waals surface area (Å²) in [6.07, 6.45) is 0.895. The second-order valence-corrected chi connectivity index (χ2v) is 3.17. The lowest BCUT2D eigenvalue weighted by Crippen LogP contribution is -2.36. The van der Waals surface area contributed by atoms with Crippen LogP contribution in [0.3, 0.4) is 0 Å². The van der Waals surface area contributed by atoms with E-state index in [1.54, 1.807) is 0 Å². The van der Waals surface area contributed by atoms with Gasteiger partial charge in [0.2, 0.25) is 5.96 Å². The quantitative estimate of drug-likeness (QED) is 0.415. The predicted octanol–water partition coefficient (Wildman–Crippen LogP) is -1.89. The first-order valence-corrected chi connectivity index (χ1v) is 4.03. The summed E-state index contributed by atoms with van der Waals surface area (Å²) in [5, 5.41) is 13.5.